The lowest BCUT2D eigenvalue weighted by Gasteiger charge is -2.21. The minimum Gasteiger partial charge on any atom is -0.430 e. The number of halogens is 2. The number of esters is 1. The summed E-state index contributed by atoms with van der Waals surface area (Å²) in [6, 6.07) is 9.69. The predicted octanol–water partition coefficient (Wildman–Crippen LogP) is 3.01. The Morgan fingerprint density at radius 2 is 1.81 bits per heavy atom. The summed E-state index contributed by atoms with van der Waals surface area (Å²) in [5, 5.41) is 0.477. The highest BCUT2D eigenvalue weighted by Crippen LogP contribution is 2.31. The largest absolute Gasteiger partial charge is 0.430 e. The van der Waals surface area contributed by atoms with Gasteiger partial charge in [-0.2, -0.15) is 0 Å². The number of pyridine rings is 1. The first-order chi connectivity index (χ1) is 12.8. The maximum atomic E-state index is 12.9. The number of amides is 2. The van der Waals surface area contributed by atoms with E-state index in [1.807, 2.05) is 0 Å². The highest BCUT2D eigenvalue weighted by Gasteiger charge is 2.37. The Kier molecular flexibility index (Phi) is 5.25. The van der Waals surface area contributed by atoms with Crippen LogP contribution < -0.4 is 4.90 Å². The summed E-state index contributed by atoms with van der Waals surface area (Å²) < 4.78 is 5.04. The molecular weight excluding hydrogens is 393 g/mol. The summed E-state index contributed by atoms with van der Waals surface area (Å²) >= 11 is 12.3. The number of benzene rings is 1. The van der Waals surface area contributed by atoms with Crippen molar-refractivity contribution in [1.82, 2.24) is 4.98 Å². The van der Waals surface area contributed by atoms with Crippen LogP contribution in [0, 0.1) is 0 Å². The number of ether oxygens (including phenoxy) is 1. The average Bonchev–Trinajstić information content (AvgIpc) is 2.70. The normalized spacial score (nSPS) is 16.3. The molecule has 2 heterocycles. The zero-order valence-electron chi connectivity index (χ0n) is 14.3. The molecule has 0 saturated carbocycles. The van der Waals surface area contributed by atoms with E-state index in [9.17, 15) is 14.4 Å². The van der Waals surface area contributed by atoms with E-state index >= 15 is 0 Å². The van der Waals surface area contributed by atoms with Crippen molar-refractivity contribution in [3.8, 4) is 0 Å². The van der Waals surface area contributed by atoms with Crippen molar-refractivity contribution >= 4 is 52.4 Å². The molecule has 2 amide bonds. The van der Waals surface area contributed by atoms with E-state index in [0.717, 1.165) is 11.8 Å². The quantitative estimate of drug-likeness (QED) is 0.565. The minimum absolute atomic E-state index is 0.135. The van der Waals surface area contributed by atoms with Gasteiger partial charge in [-0.05, 0) is 18.2 Å². The van der Waals surface area contributed by atoms with Crippen LogP contribution in [0.4, 0.5) is 5.69 Å². The summed E-state index contributed by atoms with van der Waals surface area (Å²) in [7, 11) is 0. The average molecular weight is 406 g/mol. The molecule has 1 atom stereocenters. The number of aromatic nitrogens is 1. The number of carbonyl (C=O) groups is 3. The molecule has 7 nitrogen and oxygen atoms in total. The van der Waals surface area contributed by atoms with Crippen molar-refractivity contribution < 1.29 is 19.1 Å². The van der Waals surface area contributed by atoms with E-state index in [1.54, 1.807) is 24.3 Å². The second-order valence-corrected chi connectivity index (χ2v) is 6.41. The van der Waals surface area contributed by atoms with Gasteiger partial charge in [0.25, 0.3) is 12.1 Å². The van der Waals surface area contributed by atoms with Gasteiger partial charge in [0, 0.05) is 19.4 Å². The molecule has 1 aliphatic heterocycles. The van der Waals surface area contributed by atoms with Gasteiger partial charge < -0.3 is 4.74 Å². The first-order valence-corrected chi connectivity index (χ1v) is 8.56. The van der Waals surface area contributed by atoms with Gasteiger partial charge in [-0.1, -0.05) is 41.4 Å². The van der Waals surface area contributed by atoms with Crippen LogP contribution in [-0.4, -0.2) is 34.7 Å². The zero-order valence-corrected chi connectivity index (χ0v) is 15.8. The first kappa shape index (κ1) is 19.0. The van der Waals surface area contributed by atoms with Crippen LogP contribution in [0.2, 0.25) is 10.2 Å². The Hall–Kier alpha value is -2.77. The standard InChI is InChI=1S/C18H13Cl2N3O4/c1-9(24)23-13-7-8-14(20)21-16(13)15(11-5-3-4-6-12(11)19)22-17(18(23)26)27-10(2)25/h3-8,17H,1-2H3. The smallest absolute Gasteiger partial charge is 0.305 e. The molecule has 0 spiro atoms. The zero-order chi connectivity index (χ0) is 19.7. The van der Waals surface area contributed by atoms with Gasteiger partial charge in [0.1, 0.15) is 10.8 Å². The number of aliphatic imine (C=N–C) groups is 1. The van der Waals surface area contributed by atoms with Gasteiger partial charge in [-0.3, -0.25) is 14.4 Å². The number of rotatable bonds is 2. The number of carbonyl (C=O) groups excluding carboxylic acids is 3. The number of fused-ring (bicyclic) bond motifs is 1. The van der Waals surface area contributed by atoms with Crippen molar-refractivity contribution in [1.29, 1.82) is 0 Å². The predicted molar refractivity (Wildman–Crippen MR) is 100 cm³/mol. The third kappa shape index (κ3) is 3.70. The fourth-order valence-corrected chi connectivity index (χ4v) is 3.03. The Morgan fingerprint density at radius 3 is 2.44 bits per heavy atom. The molecule has 0 bridgehead atoms. The van der Waals surface area contributed by atoms with E-state index in [4.69, 9.17) is 27.9 Å². The number of hydrogen-bond donors (Lipinski definition) is 0. The number of imide groups is 1. The second-order valence-electron chi connectivity index (χ2n) is 5.61. The topological polar surface area (TPSA) is 88.9 Å². The molecule has 0 radical (unpaired) electrons. The Balaban J connectivity index is 2.33. The summed E-state index contributed by atoms with van der Waals surface area (Å²) in [4.78, 5) is 45.9. The highest BCUT2D eigenvalue weighted by atomic mass is 35.5. The van der Waals surface area contributed by atoms with E-state index in [-0.39, 0.29) is 22.2 Å². The number of nitrogens with zero attached hydrogens (tertiary/aromatic N) is 3. The summed E-state index contributed by atoms with van der Waals surface area (Å²) in [6.45, 7) is 2.35. The van der Waals surface area contributed by atoms with Gasteiger partial charge in [0.05, 0.1) is 16.4 Å². The highest BCUT2D eigenvalue weighted by molar-refractivity contribution is 6.36. The second kappa shape index (κ2) is 7.46. The molecule has 0 fully saturated rings. The Labute approximate surface area is 164 Å². The minimum atomic E-state index is -1.56. The van der Waals surface area contributed by atoms with Gasteiger partial charge in [0.15, 0.2) is 0 Å². The van der Waals surface area contributed by atoms with Crippen LogP contribution in [0.25, 0.3) is 0 Å². The van der Waals surface area contributed by atoms with Crippen molar-refractivity contribution in [2.45, 2.75) is 20.1 Å². The maximum Gasteiger partial charge on any atom is 0.305 e. The number of anilines is 1. The lowest BCUT2D eigenvalue weighted by molar-refractivity contribution is -0.152. The summed E-state index contributed by atoms with van der Waals surface area (Å²) in [5.74, 6) is -2.13. The van der Waals surface area contributed by atoms with Crippen LogP contribution in [-0.2, 0) is 19.1 Å². The molecule has 9 heteroatoms. The molecule has 0 saturated heterocycles. The monoisotopic (exact) mass is 405 g/mol. The lowest BCUT2D eigenvalue weighted by atomic mass is 10.0. The molecule has 1 aromatic heterocycles. The molecule has 1 unspecified atom stereocenters. The van der Waals surface area contributed by atoms with Crippen LogP contribution in [0.1, 0.15) is 25.1 Å². The third-order valence-corrected chi connectivity index (χ3v) is 4.24. The van der Waals surface area contributed by atoms with Gasteiger partial charge >= 0.3 is 5.97 Å². The molecule has 1 aliphatic rings. The van der Waals surface area contributed by atoms with Crippen LogP contribution >= 0.6 is 23.2 Å². The molecule has 27 heavy (non-hydrogen) atoms. The maximum absolute atomic E-state index is 12.9. The van der Waals surface area contributed by atoms with Crippen LogP contribution in [0.5, 0.6) is 0 Å². The lowest BCUT2D eigenvalue weighted by Crippen LogP contribution is -2.42. The summed E-state index contributed by atoms with van der Waals surface area (Å²) in [6.07, 6.45) is -1.56. The fourth-order valence-electron chi connectivity index (χ4n) is 2.65. The Morgan fingerprint density at radius 1 is 1.11 bits per heavy atom. The third-order valence-electron chi connectivity index (χ3n) is 3.70. The SMILES string of the molecule is CC(=O)OC1N=C(c2ccccc2Cl)c2nc(Cl)ccc2N(C(C)=O)C1=O. The molecule has 2 aromatic rings. The molecule has 0 aliphatic carbocycles. The van der Waals surface area contributed by atoms with Crippen molar-refractivity contribution in [2.75, 3.05) is 4.90 Å². The van der Waals surface area contributed by atoms with Gasteiger partial charge in [-0.15, -0.1) is 0 Å². The summed E-state index contributed by atoms with van der Waals surface area (Å²) in [5.41, 5.74) is 0.978. The van der Waals surface area contributed by atoms with Crippen molar-refractivity contribution in [2.24, 2.45) is 4.99 Å². The van der Waals surface area contributed by atoms with E-state index in [2.05, 4.69) is 9.98 Å². The van der Waals surface area contributed by atoms with Crippen LogP contribution in [0.3, 0.4) is 0 Å². The van der Waals surface area contributed by atoms with Crippen molar-refractivity contribution in [3.05, 3.63) is 57.8 Å². The van der Waals surface area contributed by atoms with E-state index < -0.39 is 24.0 Å². The van der Waals surface area contributed by atoms with E-state index in [0.29, 0.717) is 10.6 Å². The number of hydrogen-bond acceptors (Lipinski definition) is 6. The van der Waals surface area contributed by atoms with Gasteiger partial charge in [0.2, 0.25) is 5.91 Å². The fraction of sp³-hybridized carbons (Fsp3) is 0.167. The molecular formula is C18H13Cl2N3O4. The molecule has 0 N–H and O–H groups in total. The van der Waals surface area contributed by atoms with E-state index in [1.165, 1.54) is 19.1 Å². The molecule has 138 valence electrons. The van der Waals surface area contributed by atoms with Crippen molar-refractivity contribution in [3.63, 3.8) is 0 Å². The first-order valence-electron chi connectivity index (χ1n) is 7.81. The van der Waals surface area contributed by atoms with Crippen LogP contribution in [0.15, 0.2) is 41.4 Å². The molecule has 1 aromatic carbocycles. The molecule has 3 rings (SSSR count). The Bertz CT molecular complexity index is 990. The van der Waals surface area contributed by atoms with Gasteiger partial charge in [-0.25, -0.2) is 14.9 Å².